The first-order valence-electron chi connectivity index (χ1n) is 6.85. The third-order valence-corrected chi connectivity index (χ3v) is 4.64. The van der Waals surface area contributed by atoms with Crippen molar-refractivity contribution in [3.8, 4) is 5.75 Å². The first-order valence-corrected chi connectivity index (χ1v) is 7.64. The molecule has 20 heavy (non-hydrogen) atoms. The van der Waals surface area contributed by atoms with Crippen molar-refractivity contribution in [2.75, 3.05) is 6.61 Å². The Morgan fingerprint density at radius 3 is 2.70 bits per heavy atom. The summed E-state index contributed by atoms with van der Waals surface area (Å²) in [5.41, 5.74) is 4.17. The van der Waals surface area contributed by atoms with Crippen LogP contribution in [0, 0.1) is 6.92 Å². The largest absolute Gasteiger partial charge is 0.493 e. The zero-order chi connectivity index (χ0) is 14.1. The number of aryl methyl sites for hydroxylation is 2. The SMILES string of the molecule is Cc1cc(C(O)c2ccc3c(c2)CCCO3)ccc1Br. The number of benzene rings is 2. The molecule has 0 aliphatic carbocycles. The standard InChI is InChI=1S/C17H17BrO2/c1-11-9-13(4-6-15(11)18)17(19)14-5-7-16-12(10-14)3-2-8-20-16/h4-7,9-10,17,19H,2-3,8H2,1H3. The van der Waals surface area contributed by atoms with Gasteiger partial charge in [-0.05, 0) is 60.2 Å². The highest BCUT2D eigenvalue weighted by Crippen LogP contribution is 2.31. The molecule has 0 fully saturated rings. The molecular weight excluding hydrogens is 316 g/mol. The second kappa shape index (κ2) is 5.58. The molecule has 1 aliphatic heterocycles. The number of hydrogen-bond acceptors (Lipinski definition) is 2. The van der Waals surface area contributed by atoms with E-state index in [1.54, 1.807) is 0 Å². The van der Waals surface area contributed by atoms with Gasteiger partial charge in [0.05, 0.1) is 6.61 Å². The summed E-state index contributed by atoms with van der Waals surface area (Å²) in [5.74, 6) is 0.958. The number of rotatable bonds is 2. The van der Waals surface area contributed by atoms with Crippen LogP contribution in [0.15, 0.2) is 40.9 Å². The highest BCUT2D eigenvalue weighted by Gasteiger charge is 2.16. The van der Waals surface area contributed by atoms with Crippen molar-refractivity contribution >= 4 is 15.9 Å². The molecule has 1 heterocycles. The van der Waals surface area contributed by atoms with E-state index in [0.29, 0.717) is 0 Å². The third kappa shape index (κ3) is 2.60. The van der Waals surface area contributed by atoms with Crippen LogP contribution >= 0.6 is 15.9 Å². The monoisotopic (exact) mass is 332 g/mol. The number of aliphatic hydroxyl groups is 1. The average molecular weight is 333 g/mol. The van der Waals surface area contributed by atoms with Gasteiger partial charge in [-0.1, -0.05) is 34.1 Å². The summed E-state index contributed by atoms with van der Waals surface area (Å²) in [6.07, 6.45) is 1.48. The van der Waals surface area contributed by atoms with Crippen LogP contribution in [-0.4, -0.2) is 11.7 Å². The van der Waals surface area contributed by atoms with Crippen molar-refractivity contribution in [3.05, 3.63) is 63.1 Å². The second-order valence-corrected chi connectivity index (χ2v) is 6.08. The van der Waals surface area contributed by atoms with Gasteiger partial charge in [-0.25, -0.2) is 0 Å². The number of halogens is 1. The smallest absolute Gasteiger partial charge is 0.122 e. The molecule has 1 N–H and O–H groups in total. The van der Waals surface area contributed by atoms with Gasteiger partial charge in [-0.2, -0.15) is 0 Å². The molecule has 104 valence electrons. The lowest BCUT2D eigenvalue weighted by molar-refractivity contribution is 0.219. The molecule has 0 bridgehead atoms. The Balaban J connectivity index is 1.93. The van der Waals surface area contributed by atoms with Crippen LogP contribution in [0.25, 0.3) is 0 Å². The fourth-order valence-corrected chi connectivity index (χ4v) is 2.83. The number of fused-ring (bicyclic) bond motifs is 1. The molecule has 0 saturated heterocycles. The van der Waals surface area contributed by atoms with Crippen LogP contribution in [0.4, 0.5) is 0 Å². The van der Waals surface area contributed by atoms with Gasteiger partial charge in [0.2, 0.25) is 0 Å². The predicted molar refractivity (Wildman–Crippen MR) is 83.2 cm³/mol. The third-order valence-electron chi connectivity index (χ3n) is 3.75. The van der Waals surface area contributed by atoms with E-state index in [4.69, 9.17) is 4.74 Å². The van der Waals surface area contributed by atoms with E-state index in [1.165, 1.54) is 5.56 Å². The van der Waals surface area contributed by atoms with Crippen LogP contribution in [0.2, 0.25) is 0 Å². The van der Waals surface area contributed by atoms with Gasteiger partial charge >= 0.3 is 0 Å². The number of aliphatic hydroxyl groups excluding tert-OH is 1. The van der Waals surface area contributed by atoms with Crippen LogP contribution in [-0.2, 0) is 6.42 Å². The minimum atomic E-state index is -0.589. The second-order valence-electron chi connectivity index (χ2n) is 5.23. The average Bonchev–Trinajstić information content (AvgIpc) is 2.49. The Morgan fingerprint density at radius 2 is 1.90 bits per heavy atom. The van der Waals surface area contributed by atoms with Crippen LogP contribution in [0.1, 0.15) is 34.8 Å². The van der Waals surface area contributed by atoms with Gasteiger partial charge < -0.3 is 9.84 Å². The van der Waals surface area contributed by atoms with Crippen LogP contribution in [0.5, 0.6) is 5.75 Å². The molecular formula is C17H17BrO2. The van der Waals surface area contributed by atoms with Gasteiger partial charge in [-0.3, -0.25) is 0 Å². The van der Waals surface area contributed by atoms with E-state index in [-0.39, 0.29) is 0 Å². The lowest BCUT2D eigenvalue weighted by Gasteiger charge is -2.20. The Labute approximate surface area is 127 Å². The van der Waals surface area contributed by atoms with Gasteiger partial charge in [0, 0.05) is 4.47 Å². The summed E-state index contributed by atoms with van der Waals surface area (Å²) in [6.45, 7) is 2.82. The van der Waals surface area contributed by atoms with E-state index in [1.807, 2.05) is 37.3 Å². The molecule has 2 aromatic rings. The molecule has 2 nitrogen and oxygen atoms in total. The highest BCUT2D eigenvalue weighted by molar-refractivity contribution is 9.10. The summed E-state index contributed by atoms with van der Waals surface area (Å²) < 4.78 is 6.67. The molecule has 0 spiro atoms. The van der Waals surface area contributed by atoms with Crippen molar-refractivity contribution in [2.45, 2.75) is 25.9 Å². The highest BCUT2D eigenvalue weighted by atomic mass is 79.9. The van der Waals surface area contributed by atoms with Crippen LogP contribution < -0.4 is 4.74 Å². The maximum Gasteiger partial charge on any atom is 0.122 e. The van der Waals surface area contributed by atoms with Gasteiger partial charge in [0.25, 0.3) is 0 Å². The molecule has 2 aromatic carbocycles. The maximum absolute atomic E-state index is 10.6. The zero-order valence-corrected chi connectivity index (χ0v) is 13.0. The van der Waals surface area contributed by atoms with Gasteiger partial charge in [0.1, 0.15) is 11.9 Å². The van der Waals surface area contributed by atoms with Crippen molar-refractivity contribution in [1.82, 2.24) is 0 Å². The fraction of sp³-hybridized carbons (Fsp3) is 0.294. The molecule has 0 amide bonds. The molecule has 0 radical (unpaired) electrons. The predicted octanol–water partition coefficient (Wildman–Crippen LogP) is 4.16. The minimum Gasteiger partial charge on any atom is -0.493 e. The lowest BCUT2D eigenvalue weighted by atomic mass is 9.96. The van der Waals surface area contributed by atoms with E-state index in [9.17, 15) is 5.11 Å². The summed E-state index contributed by atoms with van der Waals surface area (Å²) >= 11 is 3.49. The van der Waals surface area contributed by atoms with Gasteiger partial charge in [-0.15, -0.1) is 0 Å². The van der Waals surface area contributed by atoms with Crippen molar-refractivity contribution < 1.29 is 9.84 Å². The number of hydrogen-bond donors (Lipinski definition) is 1. The van der Waals surface area contributed by atoms with Crippen molar-refractivity contribution in [2.24, 2.45) is 0 Å². The summed E-state index contributed by atoms with van der Waals surface area (Å²) in [4.78, 5) is 0. The molecule has 1 aliphatic rings. The van der Waals surface area contributed by atoms with E-state index in [2.05, 4.69) is 22.0 Å². The quantitative estimate of drug-likeness (QED) is 0.894. The minimum absolute atomic E-state index is 0.589. The molecule has 3 heteroatoms. The first-order chi connectivity index (χ1) is 9.65. The Morgan fingerprint density at radius 1 is 1.15 bits per heavy atom. The zero-order valence-electron chi connectivity index (χ0n) is 11.4. The van der Waals surface area contributed by atoms with E-state index >= 15 is 0 Å². The Hall–Kier alpha value is -1.32. The maximum atomic E-state index is 10.6. The first kappa shape index (κ1) is 13.7. The van der Waals surface area contributed by atoms with E-state index in [0.717, 1.165) is 46.4 Å². The summed E-state index contributed by atoms with van der Waals surface area (Å²) in [6, 6.07) is 11.9. The summed E-state index contributed by atoms with van der Waals surface area (Å²) in [7, 11) is 0. The Kier molecular flexibility index (Phi) is 3.81. The van der Waals surface area contributed by atoms with Crippen LogP contribution in [0.3, 0.4) is 0 Å². The van der Waals surface area contributed by atoms with E-state index < -0.39 is 6.10 Å². The molecule has 0 aromatic heterocycles. The topological polar surface area (TPSA) is 29.5 Å². The van der Waals surface area contributed by atoms with Crippen molar-refractivity contribution in [3.63, 3.8) is 0 Å². The number of ether oxygens (including phenoxy) is 1. The molecule has 0 saturated carbocycles. The van der Waals surface area contributed by atoms with Crippen molar-refractivity contribution in [1.29, 1.82) is 0 Å². The Bertz CT molecular complexity index is 637. The molecule has 1 unspecified atom stereocenters. The normalized spacial score (nSPS) is 15.3. The summed E-state index contributed by atoms with van der Waals surface area (Å²) in [5, 5.41) is 10.6. The lowest BCUT2D eigenvalue weighted by Crippen LogP contribution is -2.09. The molecule has 1 atom stereocenters. The van der Waals surface area contributed by atoms with Gasteiger partial charge in [0.15, 0.2) is 0 Å². The fourth-order valence-electron chi connectivity index (χ4n) is 2.58. The molecule has 3 rings (SSSR count).